The standard InChI is InChI=1S/C21H26N2O4/c1-3-14(2)27-18-12-8-7-9-15(18)13-17-19(24)22-21(26)23(20(17)25)16-10-5-4-6-11-16/h7-9,12-14,16H,3-6,10-11H2,1-2H3,(H,22,24,26). The minimum Gasteiger partial charge on any atom is -0.490 e. The van der Waals surface area contributed by atoms with E-state index in [1.54, 1.807) is 6.07 Å². The summed E-state index contributed by atoms with van der Waals surface area (Å²) in [5.74, 6) is -0.564. The first kappa shape index (κ1) is 19.1. The average Bonchev–Trinajstić information content (AvgIpc) is 2.67. The van der Waals surface area contributed by atoms with Crippen molar-refractivity contribution in [3.8, 4) is 5.75 Å². The second-order valence-electron chi connectivity index (χ2n) is 7.16. The lowest BCUT2D eigenvalue weighted by atomic mass is 9.93. The Morgan fingerprint density at radius 2 is 1.89 bits per heavy atom. The van der Waals surface area contributed by atoms with Gasteiger partial charge in [0, 0.05) is 11.6 Å². The monoisotopic (exact) mass is 370 g/mol. The Morgan fingerprint density at radius 3 is 2.59 bits per heavy atom. The molecule has 1 N–H and O–H groups in total. The molecule has 0 spiro atoms. The smallest absolute Gasteiger partial charge is 0.331 e. The quantitative estimate of drug-likeness (QED) is 0.634. The van der Waals surface area contributed by atoms with Gasteiger partial charge in [-0.1, -0.05) is 44.4 Å². The van der Waals surface area contributed by atoms with Gasteiger partial charge >= 0.3 is 6.03 Å². The summed E-state index contributed by atoms with van der Waals surface area (Å²) in [6, 6.07) is 6.53. The molecule has 1 aliphatic heterocycles. The van der Waals surface area contributed by atoms with Crippen LogP contribution in [0.25, 0.3) is 6.08 Å². The minimum atomic E-state index is -0.657. The van der Waals surface area contributed by atoms with Crippen LogP contribution in [0.1, 0.15) is 57.9 Å². The molecule has 1 saturated heterocycles. The molecule has 6 heteroatoms. The van der Waals surface area contributed by atoms with E-state index in [1.165, 1.54) is 11.0 Å². The van der Waals surface area contributed by atoms with E-state index in [2.05, 4.69) is 5.32 Å². The van der Waals surface area contributed by atoms with Gasteiger partial charge in [0.2, 0.25) is 0 Å². The van der Waals surface area contributed by atoms with Crippen LogP contribution in [0, 0.1) is 0 Å². The molecule has 0 bridgehead atoms. The second kappa shape index (κ2) is 8.37. The number of nitrogens with zero attached hydrogens (tertiary/aromatic N) is 1. The lowest BCUT2D eigenvalue weighted by Crippen LogP contribution is -2.58. The van der Waals surface area contributed by atoms with Gasteiger partial charge in [-0.15, -0.1) is 0 Å². The largest absolute Gasteiger partial charge is 0.490 e. The number of carbonyl (C=O) groups excluding carboxylic acids is 3. The van der Waals surface area contributed by atoms with Crippen LogP contribution in [-0.4, -0.2) is 34.9 Å². The van der Waals surface area contributed by atoms with Crippen molar-refractivity contribution in [2.45, 2.75) is 64.5 Å². The van der Waals surface area contributed by atoms with Crippen LogP contribution >= 0.6 is 0 Å². The third-order valence-corrected chi connectivity index (χ3v) is 5.19. The normalized spacial score (nSPS) is 21.3. The number of nitrogens with one attached hydrogen (secondary N) is 1. The molecular formula is C21H26N2O4. The minimum absolute atomic E-state index is 0.0146. The van der Waals surface area contributed by atoms with E-state index in [9.17, 15) is 14.4 Å². The highest BCUT2D eigenvalue weighted by Gasteiger charge is 2.40. The number of urea groups is 1. The highest BCUT2D eigenvalue weighted by atomic mass is 16.5. The van der Waals surface area contributed by atoms with Crippen molar-refractivity contribution in [2.75, 3.05) is 0 Å². The Hall–Kier alpha value is -2.63. The number of carbonyl (C=O) groups is 3. The van der Waals surface area contributed by atoms with Gasteiger partial charge in [-0.2, -0.15) is 0 Å². The third kappa shape index (κ3) is 4.21. The lowest BCUT2D eigenvalue weighted by Gasteiger charge is -2.35. The van der Waals surface area contributed by atoms with Crippen LogP contribution in [0.4, 0.5) is 4.79 Å². The first-order valence-corrected chi connectivity index (χ1v) is 9.67. The zero-order chi connectivity index (χ0) is 19.4. The topological polar surface area (TPSA) is 75.7 Å². The number of rotatable bonds is 5. The van der Waals surface area contributed by atoms with Gasteiger partial charge in [0.25, 0.3) is 11.8 Å². The van der Waals surface area contributed by atoms with Gasteiger partial charge in [0.15, 0.2) is 0 Å². The molecule has 4 amide bonds. The SMILES string of the molecule is CCC(C)Oc1ccccc1C=C1C(=O)NC(=O)N(C2CCCCC2)C1=O. The second-order valence-corrected chi connectivity index (χ2v) is 7.16. The van der Waals surface area contributed by atoms with E-state index in [0.29, 0.717) is 11.3 Å². The van der Waals surface area contributed by atoms with E-state index in [0.717, 1.165) is 38.5 Å². The zero-order valence-electron chi connectivity index (χ0n) is 15.9. The average molecular weight is 370 g/mol. The molecule has 1 aromatic rings. The molecule has 3 rings (SSSR count). The summed E-state index contributed by atoms with van der Waals surface area (Å²) in [6.45, 7) is 3.99. The number of hydrogen-bond acceptors (Lipinski definition) is 4. The Labute approximate surface area is 159 Å². The van der Waals surface area contributed by atoms with Gasteiger partial charge in [-0.25, -0.2) is 4.79 Å². The fourth-order valence-electron chi connectivity index (χ4n) is 3.50. The van der Waals surface area contributed by atoms with Crippen molar-refractivity contribution in [3.63, 3.8) is 0 Å². The molecule has 2 aliphatic rings. The molecule has 1 atom stereocenters. The Balaban J connectivity index is 1.91. The van der Waals surface area contributed by atoms with Crippen LogP contribution in [0.3, 0.4) is 0 Å². The highest BCUT2D eigenvalue weighted by molar-refractivity contribution is 6.31. The third-order valence-electron chi connectivity index (χ3n) is 5.19. The first-order valence-electron chi connectivity index (χ1n) is 9.67. The molecular weight excluding hydrogens is 344 g/mol. The van der Waals surface area contributed by atoms with E-state index < -0.39 is 17.8 Å². The van der Waals surface area contributed by atoms with Crippen molar-refractivity contribution in [2.24, 2.45) is 0 Å². The summed E-state index contributed by atoms with van der Waals surface area (Å²) >= 11 is 0. The van der Waals surface area contributed by atoms with Crippen LogP contribution in [-0.2, 0) is 9.59 Å². The van der Waals surface area contributed by atoms with E-state index in [4.69, 9.17) is 4.74 Å². The number of hydrogen-bond donors (Lipinski definition) is 1. The number of amides is 4. The maximum Gasteiger partial charge on any atom is 0.331 e. The van der Waals surface area contributed by atoms with Gasteiger partial charge < -0.3 is 4.74 Å². The molecule has 0 radical (unpaired) electrons. The predicted octanol–water partition coefficient (Wildman–Crippen LogP) is 3.66. The lowest BCUT2D eigenvalue weighted by molar-refractivity contribution is -0.132. The van der Waals surface area contributed by atoms with Crippen LogP contribution < -0.4 is 10.1 Å². The molecule has 6 nitrogen and oxygen atoms in total. The van der Waals surface area contributed by atoms with Crippen molar-refractivity contribution < 1.29 is 19.1 Å². The van der Waals surface area contributed by atoms with E-state index in [-0.39, 0.29) is 17.7 Å². The fourth-order valence-corrected chi connectivity index (χ4v) is 3.50. The maximum absolute atomic E-state index is 13.0. The Kier molecular flexibility index (Phi) is 5.94. The van der Waals surface area contributed by atoms with Crippen molar-refractivity contribution in [1.82, 2.24) is 10.2 Å². The van der Waals surface area contributed by atoms with Gasteiger partial charge in [-0.05, 0) is 38.3 Å². The summed E-state index contributed by atoms with van der Waals surface area (Å²) in [6.07, 6.45) is 7.04. The Morgan fingerprint density at radius 1 is 1.19 bits per heavy atom. The van der Waals surface area contributed by atoms with Crippen molar-refractivity contribution in [3.05, 3.63) is 35.4 Å². The predicted molar refractivity (Wildman–Crippen MR) is 102 cm³/mol. The van der Waals surface area contributed by atoms with Crippen LogP contribution in [0.2, 0.25) is 0 Å². The fraction of sp³-hybridized carbons (Fsp3) is 0.476. The highest BCUT2D eigenvalue weighted by Crippen LogP contribution is 2.28. The molecule has 2 fully saturated rings. The van der Waals surface area contributed by atoms with Crippen LogP contribution in [0.15, 0.2) is 29.8 Å². The number of barbiturate groups is 1. The zero-order valence-corrected chi connectivity index (χ0v) is 15.9. The molecule has 0 aromatic heterocycles. The van der Waals surface area contributed by atoms with E-state index >= 15 is 0 Å². The van der Waals surface area contributed by atoms with Gasteiger partial charge in [0.05, 0.1) is 6.10 Å². The van der Waals surface area contributed by atoms with E-state index in [1.807, 2.05) is 32.0 Å². The molecule has 1 heterocycles. The number of imide groups is 2. The summed E-state index contributed by atoms with van der Waals surface area (Å²) in [5, 5.41) is 2.32. The summed E-state index contributed by atoms with van der Waals surface area (Å²) in [5.41, 5.74) is 0.620. The number of ether oxygens (including phenoxy) is 1. The molecule has 27 heavy (non-hydrogen) atoms. The number of benzene rings is 1. The molecule has 144 valence electrons. The molecule has 1 aliphatic carbocycles. The maximum atomic E-state index is 13.0. The molecule has 1 unspecified atom stereocenters. The summed E-state index contributed by atoms with van der Waals surface area (Å²) in [7, 11) is 0. The van der Waals surface area contributed by atoms with Gasteiger partial charge in [0.1, 0.15) is 11.3 Å². The van der Waals surface area contributed by atoms with Crippen LogP contribution in [0.5, 0.6) is 5.75 Å². The molecule has 1 saturated carbocycles. The summed E-state index contributed by atoms with van der Waals surface area (Å²) in [4.78, 5) is 38.8. The summed E-state index contributed by atoms with van der Waals surface area (Å²) < 4.78 is 5.90. The van der Waals surface area contributed by atoms with Crippen molar-refractivity contribution in [1.29, 1.82) is 0 Å². The van der Waals surface area contributed by atoms with Gasteiger partial charge in [-0.3, -0.25) is 19.8 Å². The Bertz CT molecular complexity index is 765. The number of para-hydroxylation sites is 1. The first-order chi connectivity index (χ1) is 13.0. The molecule has 1 aromatic carbocycles. The van der Waals surface area contributed by atoms with Crippen molar-refractivity contribution >= 4 is 23.9 Å².